The van der Waals surface area contributed by atoms with Gasteiger partial charge < -0.3 is 0 Å². The fourth-order valence-corrected chi connectivity index (χ4v) is 5.31. The van der Waals surface area contributed by atoms with Gasteiger partial charge in [-0.1, -0.05) is 32.2 Å². The minimum atomic E-state index is -0.171. The molecule has 5 heteroatoms. The van der Waals surface area contributed by atoms with Gasteiger partial charge in [0, 0.05) is 11.6 Å². The average Bonchev–Trinajstić information content (AvgIpc) is 2.29. The summed E-state index contributed by atoms with van der Waals surface area (Å²) in [5.41, 5.74) is 2.60. The maximum atomic E-state index is 4.58. The summed E-state index contributed by atoms with van der Waals surface area (Å²) in [6.07, 6.45) is 1.99. The van der Waals surface area contributed by atoms with Crippen molar-refractivity contribution in [3.8, 4) is 0 Å². The average molecular weight is 271 g/mol. The van der Waals surface area contributed by atoms with Crippen LogP contribution in [-0.2, 0) is 0 Å². The molecule has 1 nitrogen and oxygen atoms in total. The van der Waals surface area contributed by atoms with Gasteiger partial charge in [0.05, 0.1) is 5.44 Å². The first-order chi connectivity index (χ1) is 7.24. The highest BCUT2D eigenvalue weighted by Crippen LogP contribution is 2.64. The highest BCUT2D eigenvalue weighted by Gasteiger charge is 2.10. The van der Waals surface area contributed by atoms with Gasteiger partial charge in [-0.3, -0.25) is 4.98 Å². The van der Waals surface area contributed by atoms with Crippen LogP contribution in [0.25, 0.3) is 10.8 Å². The predicted molar refractivity (Wildman–Crippen MR) is 80.8 cm³/mol. The van der Waals surface area contributed by atoms with E-state index in [1.807, 2.05) is 6.20 Å². The van der Waals surface area contributed by atoms with Gasteiger partial charge in [0.2, 0.25) is 0 Å². The molecule has 0 amide bonds. The lowest BCUT2D eigenvalue weighted by molar-refractivity contribution is 1.38. The molecule has 0 N–H and O–H groups in total. The monoisotopic (exact) mass is 271 g/mol. The van der Waals surface area contributed by atoms with Gasteiger partial charge in [0.1, 0.15) is 0 Å². The number of benzene rings is 1. The summed E-state index contributed by atoms with van der Waals surface area (Å²) < 4.78 is 0. The van der Waals surface area contributed by atoms with Crippen LogP contribution < -0.4 is 5.44 Å². The number of hydrogen-bond donors (Lipinski definition) is 0. The van der Waals surface area contributed by atoms with E-state index in [2.05, 4.69) is 54.0 Å². The van der Waals surface area contributed by atoms with Gasteiger partial charge in [-0.15, -0.1) is 17.9 Å². The molecule has 78 valence electrons. The van der Waals surface area contributed by atoms with Crippen molar-refractivity contribution >= 4 is 49.3 Å². The molecule has 0 aliphatic carbocycles. The minimum absolute atomic E-state index is 0.171. The predicted octanol–water partition coefficient (Wildman–Crippen LogP) is 3.82. The molecule has 1 heterocycles. The zero-order valence-electron chi connectivity index (χ0n) is 8.44. The van der Waals surface area contributed by atoms with E-state index in [4.69, 9.17) is 0 Å². The molecule has 0 saturated carbocycles. The fraction of sp³-hybridized carbons (Fsp3) is 0.100. The molecule has 0 aliphatic rings. The Labute approximate surface area is 97.5 Å². The van der Waals surface area contributed by atoms with E-state index in [1.54, 1.807) is 0 Å². The quantitative estimate of drug-likeness (QED) is 0.756. The number of aryl methyl sites for hydroxylation is 1. The smallest absolute Gasteiger partial charge is 0.0748 e. The molecule has 0 spiro atoms. The number of nitrogens with zero attached hydrogens (tertiary/aromatic N) is 1. The Morgan fingerprint density at radius 3 is 2.80 bits per heavy atom. The first-order valence-corrected chi connectivity index (χ1v) is 11.2. The van der Waals surface area contributed by atoms with Crippen molar-refractivity contribution in [1.29, 1.82) is 0 Å². The summed E-state index contributed by atoms with van der Waals surface area (Å²) in [5, 5.41) is 2.57. The number of pyridine rings is 1. The van der Waals surface area contributed by atoms with E-state index in [9.17, 15) is 0 Å². The Morgan fingerprint density at radius 1 is 1.33 bits per heavy atom. The van der Waals surface area contributed by atoms with Gasteiger partial charge in [0.15, 0.2) is 0 Å². The summed E-state index contributed by atoms with van der Waals surface area (Å²) in [6, 6.07) is 8.44. The third-order valence-corrected chi connectivity index (χ3v) is 12.3. The molecule has 2 aromatic rings. The summed E-state index contributed by atoms with van der Waals surface area (Å²) in [5.74, 6) is 0. The van der Waals surface area contributed by atoms with Crippen LogP contribution in [0.15, 0.2) is 30.5 Å². The largest absolute Gasteiger partial charge is 0.255 e. The van der Waals surface area contributed by atoms with E-state index in [1.165, 1.54) is 21.8 Å². The second-order valence-corrected chi connectivity index (χ2v) is 12.4. The third-order valence-electron chi connectivity index (χ3n) is 2.39. The van der Waals surface area contributed by atoms with Crippen molar-refractivity contribution in [2.75, 3.05) is 0 Å². The zero-order chi connectivity index (χ0) is 10.8. The lowest BCUT2D eigenvalue weighted by Gasteiger charge is -2.13. The van der Waals surface area contributed by atoms with Crippen molar-refractivity contribution in [2.24, 2.45) is 0 Å². The Balaban J connectivity index is 2.65. The maximum absolute atomic E-state index is 4.58. The lowest BCUT2D eigenvalue weighted by Crippen LogP contribution is -2.06. The summed E-state index contributed by atoms with van der Waals surface area (Å²) in [6.45, 7) is 2.18. The second-order valence-electron chi connectivity index (χ2n) is 3.29. The summed E-state index contributed by atoms with van der Waals surface area (Å²) in [7, 11) is 6.44. The van der Waals surface area contributed by atoms with Gasteiger partial charge in [-0.05, 0) is 25.2 Å². The highest BCUT2D eigenvalue weighted by atomic mass is 32.6. The van der Waals surface area contributed by atoms with Gasteiger partial charge in [-0.2, -0.15) is 0 Å². The van der Waals surface area contributed by atoms with Gasteiger partial charge >= 0.3 is 0 Å². The normalized spacial score (nSPS) is 13.8. The zero-order valence-corrected chi connectivity index (χ0v) is 12.6. The Hall–Kier alpha value is 0.350. The standard InChI is InChI=1S/C10H13NP4/c1-7-9-5-3-2-4-8(9)6-11-10(7)15(13)14-12/h2-6,14H,12-13H2,1H3. The van der Waals surface area contributed by atoms with Crippen LogP contribution in [0.5, 0.6) is 0 Å². The first kappa shape index (κ1) is 11.8. The van der Waals surface area contributed by atoms with E-state index >= 15 is 0 Å². The fourth-order valence-electron chi connectivity index (χ4n) is 1.60. The molecular weight excluding hydrogens is 258 g/mol. The topological polar surface area (TPSA) is 12.9 Å². The summed E-state index contributed by atoms with van der Waals surface area (Å²) >= 11 is 0. The van der Waals surface area contributed by atoms with Crippen LogP contribution in [0.3, 0.4) is 0 Å². The third kappa shape index (κ3) is 2.38. The Kier molecular flexibility index (Phi) is 4.04. The van der Waals surface area contributed by atoms with E-state index < -0.39 is 0 Å². The van der Waals surface area contributed by atoms with E-state index in [-0.39, 0.29) is 7.30 Å². The van der Waals surface area contributed by atoms with Crippen LogP contribution in [0.4, 0.5) is 0 Å². The molecular formula is C10H13NP4. The molecule has 15 heavy (non-hydrogen) atoms. The number of hydrogen-bond acceptors (Lipinski definition) is 1. The molecule has 0 fully saturated rings. The van der Waals surface area contributed by atoms with Crippen molar-refractivity contribution in [3.63, 3.8) is 0 Å². The molecule has 1 aromatic carbocycles. The molecule has 4 unspecified atom stereocenters. The van der Waals surface area contributed by atoms with Crippen LogP contribution >= 0.6 is 33.1 Å². The van der Waals surface area contributed by atoms with Crippen LogP contribution in [0.2, 0.25) is 0 Å². The minimum Gasteiger partial charge on any atom is -0.255 e. The number of aromatic nitrogens is 1. The maximum Gasteiger partial charge on any atom is 0.0748 e. The second kappa shape index (κ2) is 5.12. The molecule has 0 aliphatic heterocycles. The molecule has 1 aromatic heterocycles. The molecule has 0 bridgehead atoms. The first-order valence-electron chi connectivity index (χ1n) is 4.59. The number of rotatable bonds is 2. The lowest BCUT2D eigenvalue weighted by atomic mass is 10.1. The molecule has 4 atom stereocenters. The van der Waals surface area contributed by atoms with Crippen LogP contribution in [0, 0.1) is 6.92 Å². The van der Waals surface area contributed by atoms with Crippen LogP contribution in [0.1, 0.15) is 5.56 Å². The van der Waals surface area contributed by atoms with Crippen LogP contribution in [-0.4, -0.2) is 4.98 Å². The van der Waals surface area contributed by atoms with Gasteiger partial charge in [-0.25, -0.2) is 0 Å². The van der Waals surface area contributed by atoms with E-state index in [0.29, 0.717) is 0 Å². The Morgan fingerprint density at radius 2 is 2.07 bits per heavy atom. The van der Waals surface area contributed by atoms with Gasteiger partial charge in [0.25, 0.3) is 0 Å². The van der Waals surface area contributed by atoms with Crippen molar-refractivity contribution in [3.05, 3.63) is 36.0 Å². The van der Waals surface area contributed by atoms with Crippen molar-refractivity contribution in [1.82, 2.24) is 4.98 Å². The SMILES string of the molecule is Cc1c(P(P)PP)ncc2ccccc12. The summed E-state index contributed by atoms with van der Waals surface area (Å²) in [4.78, 5) is 4.58. The molecule has 0 radical (unpaired) electrons. The number of fused-ring (bicyclic) bond motifs is 1. The Bertz CT molecular complexity index is 486. The van der Waals surface area contributed by atoms with E-state index in [0.717, 1.165) is 7.96 Å². The highest BCUT2D eigenvalue weighted by molar-refractivity contribution is 8.63. The molecule has 0 saturated heterocycles. The molecule has 2 rings (SSSR count). The van der Waals surface area contributed by atoms with Crippen molar-refractivity contribution < 1.29 is 0 Å². The van der Waals surface area contributed by atoms with Crippen molar-refractivity contribution in [2.45, 2.75) is 6.92 Å².